The van der Waals surface area contributed by atoms with Crippen molar-refractivity contribution in [3.63, 3.8) is 0 Å². The Morgan fingerprint density at radius 1 is 1.11 bits per heavy atom. The van der Waals surface area contributed by atoms with Crippen LogP contribution in [0.15, 0.2) is 46.3 Å². The van der Waals surface area contributed by atoms with Gasteiger partial charge >= 0.3 is 0 Å². The van der Waals surface area contributed by atoms with Crippen LogP contribution in [0.5, 0.6) is 0 Å². The number of benzene rings is 1. The molecule has 0 bridgehead atoms. The van der Waals surface area contributed by atoms with Crippen molar-refractivity contribution in [3.05, 3.63) is 58.0 Å². The van der Waals surface area contributed by atoms with E-state index in [-0.39, 0.29) is 4.90 Å². The number of sulfonamides is 1. The summed E-state index contributed by atoms with van der Waals surface area (Å²) in [5.74, 6) is 0. The van der Waals surface area contributed by atoms with Gasteiger partial charge in [0.05, 0.1) is 0 Å². The third-order valence-electron chi connectivity index (χ3n) is 2.55. The molecular formula is C13H14N2O3S. The Morgan fingerprint density at radius 2 is 1.74 bits per heavy atom. The SMILES string of the molecule is Cc1cc(C)cc(NS(=O)(=O)c2c[nH]ccc2=O)c1. The molecule has 0 fully saturated rings. The van der Waals surface area contributed by atoms with Crippen molar-refractivity contribution in [2.75, 3.05) is 4.72 Å². The summed E-state index contributed by atoms with van der Waals surface area (Å²) >= 11 is 0. The Bertz CT molecular complexity index is 743. The summed E-state index contributed by atoms with van der Waals surface area (Å²) in [5, 5.41) is 0. The fourth-order valence-corrected chi connectivity index (χ4v) is 2.95. The predicted octanol–water partition coefficient (Wildman–Crippen LogP) is 1.79. The van der Waals surface area contributed by atoms with Crippen molar-refractivity contribution in [1.29, 1.82) is 0 Å². The molecule has 0 amide bonds. The van der Waals surface area contributed by atoms with Gasteiger partial charge in [-0.1, -0.05) is 6.07 Å². The summed E-state index contributed by atoms with van der Waals surface area (Å²) in [5.41, 5.74) is 1.79. The van der Waals surface area contributed by atoms with Crippen LogP contribution in [0.3, 0.4) is 0 Å². The van der Waals surface area contributed by atoms with Gasteiger partial charge in [0.25, 0.3) is 10.0 Å². The summed E-state index contributed by atoms with van der Waals surface area (Å²) in [6, 6.07) is 6.53. The first-order chi connectivity index (χ1) is 8.88. The number of hydrogen-bond acceptors (Lipinski definition) is 3. The lowest BCUT2D eigenvalue weighted by atomic mass is 10.1. The topological polar surface area (TPSA) is 79.0 Å². The van der Waals surface area contributed by atoms with E-state index in [0.717, 1.165) is 11.1 Å². The third kappa shape index (κ3) is 3.03. The molecule has 0 saturated heterocycles. The van der Waals surface area contributed by atoms with Crippen molar-refractivity contribution in [1.82, 2.24) is 4.98 Å². The lowest BCUT2D eigenvalue weighted by Crippen LogP contribution is -2.21. The summed E-state index contributed by atoms with van der Waals surface area (Å²) in [4.78, 5) is 13.9. The second-order valence-corrected chi connectivity index (χ2v) is 6.01. The van der Waals surface area contributed by atoms with E-state index in [2.05, 4.69) is 9.71 Å². The lowest BCUT2D eigenvalue weighted by Gasteiger charge is -2.09. The molecule has 2 aromatic rings. The van der Waals surface area contributed by atoms with Crippen LogP contribution in [0.4, 0.5) is 5.69 Å². The quantitative estimate of drug-likeness (QED) is 0.898. The molecule has 0 radical (unpaired) electrons. The van der Waals surface area contributed by atoms with Crippen LogP contribution in [0.25, 0.3) is 0 Å². The molecule has 2 rings (SSSR count). The first kappa shape index (κ1) is 13.4. The number of aryl methyl sites for hydroxylation is 2. The predicted molar refractivity (Wildman–Crippen MR) is 73.8 cm³/mol. The van der Waals surface area contributed by atoms with Gasteiger partial charge in [0.2, 0.25) is 5.43 Å². The molecule has 0 unspecified atom stereocenters. The molecule has 0 aliphatic rings. The lowest BCUT2D eigenvalue weighted by molar-refractivity contribution is 0.600. The second kappa shape index (κ2) is 4.89. The molecule has 0 aliphatic carbocycles. The van der Waals surface area contributed by atoms with Gasteiger partial charge in [0.1, 0.15) is 0 Å². The van der Waals surface area contributed by atoms with Crippen molar-refractivity contribution in [3.8, 4) is 0 Å². The molecular weight excluding hydrogens is 264 g/mol. The second-order valence-electron chi connectivity index (χ2n) is 4.35. The summed E-state index contributed by atoms with van der Waals surface area (Å²) in [6.07, 6.45) is 2.56. The van der Waals surface area contributed by atoms with Gasteiger partial charge in [0, 0.05) is 24.1 Å². The van der Waals surface area contributed by atoms with E-state index in [1.165, 1.54) is 18.5 Å². The minimum atomic E-state index is -3.87. The largest absolute Gasteiger partial charge is 0.366 e. The van der Waals surface area contributed by atoms with Crippen molar-refractivity contribution < 1.29 is 8.42 Å². The van der Waals surface area contributed by atoms with Crippen LogP contribution in [0, 0.1) is 13.8 Å². The van der Waals surface area contributed by atoms with E-state index in [9.17, 15) is 13.2 Å². The number of pyridine rings is 1. The number of aromatic nitrogens is 1. The minimum absolute atomic E-state index is 0.297. The molecule has 6 heteroatoms. The highest BCUT2D eigenvalue weighted by molar-refractivity contribution is 7.92. The molecule has 100 valence electrons. The summed E-state index contributed by atoms with van der Waals surface area (Å²) in [7, 11) is -3.87. The van der Waals surface area contributed by atoms with Gasteiger partial charge < -0.3 is 4.98 Å². The zero-order valence-corrected chi connectivity index (χ0v) is 11.4. The van der Waals surface area contributed by atoms with Gasteiger partial charge in [-0.3, -0.25) is 9.52 Å². The average molecular weight is 278 g/mol. The Morgan fingerprint density at radius 3 is 2.32 bits per heavy atom. The Labute approximate surface area is 111 Å². The standard InChI is InChI=1S/C13H14N2O3S/c1-9-5-10(2)7-11(6-9)15-19(17,18)13-8-14-4-3-12(13)16/h3-8,15H,1-2H3,(H,14,16). The molecule has 1 aromatic carbocycles. The Balaban J connectivity index is 2.42. The molecule has 0 spiro atoms. The first-order valence-corrected chi connectivity index (χ1v) is 7.15. The normalized spacial score (nSPS) is 11.3. The van der Waals surface area contributed by atoms with Crippen LogP contribution < -0.4 is 10.2 Å². The zero-order valence-electron chi connectivity index (χ0n) is 10.6. The average Bonchev–Trinajstić information content (AvgIpc) is 2.26. The zero-order chi connectivity index (χ0) is 14.0. The van der Waals surface area contributed by atoms with Gasteiger partial charge in [0.15, 0.2) is 4.90 Å². The fourth-order valence-electron chi connectivity index (χ4n) is 1.85. The molecule has 1 heterocycles. The number of hydrogen-bond donors (Lipinski definition) is 2. The molecule has 1 aromatic heterocycles. The Hall–Kier alpha value is -2.08. The number of rotatable bonds is 3. The number of nitrogens with one attached hydrogen (secondary N) is 2. The number of anilines is 1. The van der Waals surface area contributed by atoms with E-state index < -0.39 is 15.5 Å². The highest BCUT2D eigenvalue weighted by Gasteiger charge is 2.17. The van der Waals surface area contributed by atoms with Crippen LogP contribution in [-0.4, -0.2) is 13.4 Å². The molecule has 19 heavy (non-hydrogen) atoms. The van der Waals surface area contributed by atoms with Crippen LogP contribution in [-0.2, 0) is 10.0 Å². The molecule has 0 saturated carbocycles. The summed E-state index contributed by atoms with van der Waals surface area (Å²) in [6.45, 7) is 3.75. The van der Waals surface area contributed by atoms with Crippen molar-refractivity contribution in [2.45, 2.75) is 18.7 Å². The van der Waals surface area contributed by atoms with E-state index in [1.54, 1.807) is 12.1 Å². The van der Waals surface area contributed by atoms with E-state index in [0.29, 0.717) is 5.69 Å². The number of H-pyrrole nitrogens is 1. The van der Waals surface area contributed by atoms with E-state index >= 15 is 0 Å². The van der Waals surface area contributed by atoms with Crippen LogP contribution >= 0.6 is 0 Å². The maximum absolute atomic E-state index is 12.1. The number of aromatic amines is 1. The van der Waals surface area contributed by atoms with E-state index in [1.807, 2.05) is 19.9 Å². The Kier molecular flexibility index (Phi) is 3.44. The molecule has 2 N–H and O–H groups in total. The monoisotopic (exact) mass is 278 g/mol. The maximum atomic E-state index is 12.1. The van der Waals surface area contributed by atoms with Gasteiger partial charge in [-0.25, -0.2) is 8.42 Å². The van der Waals surface area contributed by atoms with Gasteiger partial charge in [-0.15, -0.1) is 0 Å². The van der Waals surface area contributed by atoms with Gasteiger partial charge in [-0.2, -0.15) is 0 Å². The molecule has 0 aliphatic heterocycles. The van der Waals surface area contributed by atoms with E-state index in [4.69, 9.17) is 0 Å². The first-order valence-electron chi connectivity index (χ1n) is 5.67. The fraction of sp³-hybridized carbons (Fsp3) is 0.154. The van der Waals surface area contributed by atoms with Crippen molar-refractivity contribution in [2.24, 2.45) is 0 Å². The van der Waals surface area contributed by atoms with Crippen LogP contribution in [0.1, 0.15) is 11.1 Å². The highest BCUT2D eigenvalue weighted by Crippen LogP contribution is 2.17. The maximum Gasteiger partial charge on any atom is 0.267 e. The minimum Gasteiger partial charge on any atom is -0.366 e. The third-order valence-corrected chi connectivity index (χ3v) is 3.95. The van der Waals surface area contributed by atoms with Crippen LogP contribution in [0.2, 0.25) is 0 Å². The summed E-state index contributed by atoms with van der Waals surface area (Å²) < 4.78 is 26.6. The molecule has 5 nitrogen and oxygen atoms in total. The van der Waals surface area contributed by atoms with Crippen molar-refractivity contribution >= 4 is 15.7 Å². The molecule has 0 atom stereocenters. The highest BCUT2D eigenvalue weighted by atomic mass is 32.2. The smallest absolute Gasteiger partial charge is 0.267 e. The van der Waals surface area contributed by atoms with Gasteiger partial charge in [-0.05, 0) is 37.1 Å².